The quantitative estimate of drug-likeness (QED) is 0.781. The van der Waals surface area contributed by atoms with Crippen LogP contribution in [-0.4, -0.2) is 15.8 Å². The second kappa shape index (κ2) is 4.03. The van der Waals surface area contributed by atoms with E-state index in [2.05, 4.69) is 17.3 Å². The second-order valence-electron chi connectivity index (χ2n) is 4.42. The van der Waals surface area contributed by atoms with Gasteiger partial charge in [0.2, 0.25) is 0 Å². The first-order valence-corrected chi connectivity index (χ1v) is 5.51. The van der Waals surface area contributed by atoms with Gasteiger partial charge in [0, 0.05) is 19.3 Å². The zero-order valence-corrected chi connectivity index (χ0v) is 9.03. The molecule has 0 unspecified atom stereocenters. The third-order valence-corrected chi connectivity index (χ3v) is 3.17. The highest BCUT2D eigenvalue weighted by atomic mass is 15.3. The van der Waals surface area contributed by atoms with Crippen molar-refractivity contribution in [2.75, 3.05) is 5.32 Å². The van der Waals surface area contributed by atoms with E-state index < -0.39 is 0 Å². The van der Waals surface area contributed by atoms with Gasteiger partial charge in [-0.25, -0.2) is 0 Å². The van der Waals surface area contributed by atoms with Crippen molar-refractivity contribution in [2.24, 2.45) is 13.0 Å². The molecule has 0 spiro atoms. The van der Waals surface area contributed by atoms with Gasteiger partial charge in [0.1, 0.15) is 0 Å². The maximum atomic E-state index is 4.16. The third kappa shape index (κ3) is 2.08. The summed E-state index contributed by atoms with van der Waals surface area (Å²) in [6.45, 7) is 2.34. The molecule has 3 nitrogen and oxygen atoms in total. The van der Waals surface area contributed by atoms with Crippen LogP contribution in [0.4, 0.5) is 5.69 Å². The standard InChI is InChI=1S/C11H19N3/c1-9-5-3-4-6-11(9)13-10-7-12-14(2)8-10/h7-9,11,13H,3-6H2,1-2H3/t9-,11+/m0/s1. The van der Waals surface area contributed by atoms with Gasteiger partial charge in [-0.05, 0) is 18.8 Å². The Hall–Kier alpha value is -0.990. The van der Waals surface area contributed by atoms with E-state index in [1.54, 1.807) is 0 Å². The van der Waals surface area contributed by atoms with Crippen molar-refractivity contribution in [1.29, 1.82) is 0 Å². The molecule has 78 valence electrons. The van der Waals surface area contributed by atoms with Crippen LogP contribution in [0.25, 0.3) is 0 Å². The Kier molecular flexibility index (Phi) is 2.75. The van der Waals surface area contributed by atoms with E-state index in [-0.39, 0.29) is 0 Å². The normalized spacial score (nSPS) is 27.6. The molecule has 14 heavy (non-hydrogen) atoms. The maximum Gasteiger partial charge on any atom is 0.0728 e. The molecule has 1 fully saturated rings. The van der Waals surface area contributed by atoms with E-state index in [1.165, 1.54) is 25.7 Å². The molecule has 0 radical (unpaired) electrons. The van der Waals surface area contributed by atoms with Gasteiger partial charge in [0.25, 0.3) is 0 Å². The lowest BCUT2D eigenvalue weighted by Gasteiger charge is -2.29. The number of hydrogen-bond donors (Lipinski definition) is 1. The lowest BCUT2D eigenvalue weighted by Crippen LogP contribution is -2.30. The fourth-order valence-electron chi connectivity index (χ4n) is 2.24. The van der Waals surface area contributed by atoms with Crippen molar-refractivity contribution < 1.29 is 0 Å². The molecule has 1 aliphatic rings. The number of anilines is 1. The smallest absolute Gasteiger partial charge is 0.0728 e. The molecule has 0 amide bonds. The first-order chi connectivity index (χ1) is 6.75. The molecule has 0 aromatic carbocycles. The van der Waals surface area contributed by atoms with Crippen LogP contribution in [0.5, 0.6) is 0 Å². The summed E-state index contributed by atoms with van der Waals surface area (Å²) in [7, 11) is 1.95. The highest BCUT2D eigenvalue weighted by Gasteiger charge is 2.20. The molecule has 0 saturated heterocycles. The number of aromatic nitrogens is 2. The van der Waals surface area contributed by atoms with Crippen molar-refractivity contribution in [2.45, 2.75) is 38.6 Å². The molecule has 1 aliphatic carbocycles. The minimum Gasteiger partial charge on any atom is -0.380 e. The van der Waals surface area contributed by atoms with Gasteiger partial charge in [0.05, 0.1) is 11.9 Å². The average Bonchev–Trinajstić information content (AvgIpc) is 2.56. The number of nitrogens with one attached hydrogen (secondary N) is 1. The molecule has 1 saturated carbocycles. The summed E-state index contributed by atoms with van der Waals surface area (Å²) in [6, 6.07) is 0.646. The Bertz CT molecular complexity index is 292. The Labute approximate surface area is 85.5 Å². The SMILES string of the molecule is C[C@H]1CCCC[C@H]1Nc1cnn(C)c1. The molecular weight excluding hydrogens is 174 g/mol. The molecule has 0 bridgehead atoms. The van der Waals surface area contributed by atoms with E-state index in [9.17, 15) is 0 Å². The lowest BCUT2D eigenvalue weighted by atomic mass is 9.86. The van der Waals surface area contributed by atoms with Gasteiger partial charge in [-0.2, -0.15) is 5.10 Å². The number of hydrogen-bond acceptors (Lipinski definition) is 2. The molecule has 1 aromatic heterocycles. The zero-order valence-electron chi connectivity index (χ0n) is 9.03. The summed E-state index contributed by atoms with van der Waals surface area (Å²) in [5.74, 6) is 0.795. The van der Waals surface area contributed by atoms with Gasteiger partial charge in [-0.3, -0.25) is 4.68 Å². The van der Waals surface area contributed by atoms with Crippen molar-refractivity contribution in [1.82, 2.24) is 9.78 Å². The summed E-state index contributed by atoms with van der Waals surface area (Å²) in [5, 5.41) is 7.73. The van der Waals surface area contributed by atoms with E-state index in [0.717, 1.165) is 11.6 Å². The van der Waals surface area contributed by atoms with Crippen molar-refractivity contribution in [3.8, 4) is 0 Å². The van der Waals surface area contributed by atoms with Gasteiger partial charge < -0.3 is 5.32 Å². The predicted molar refractivity (Wildman–Crippen MR) is 58.3 cm³/mol. The molecule has 1 N–H and O–H groups in total. The molecule has 2 rings (SSSR count). The van der Waals surface area contributed by atoms with Crippen LogP contribution in [0.15, 0.2) is 12.4 Å². The average molecular weight is 193 g/mol. The molecular formula is C11H19N3. The molecule has 3 heteroatoms. The van der Waals surface area contributed by atoms with Crippen LogP contribution < -0.4 is 5.32 Å². The third-order valence-electron chi connectivity index (χ3n) is 3.17. The van der Waals surface area contributed by atoms with Crippen LogP contribution in [0.1, 0.15) is 32.6 Å². The first-order valence-electron chi connectivity index (χ1n) is 5.51. The van der Waals surface area contributed by atoms with Gasteiger partial charge in [0.15, 0.2) is 0 Å². The zero-order chi connectivity index (χ0) is 9.97. The molecule has 1 aromatic rings. The first kappa shape index (κ1) is 9.56. The summed E-state index contributed by atoms with van der Waals surface area (Å²) < 4.78 is 1.84. The van der Waals surface area contributed by atoms with E-state index in [0.29, 0.717) is 6.04 Å². The van der Waals surface area contributed by atoms with Crippen LogP contribution >= 0.6 is 0 Å². The Morgan fingerprint density at radius 1 is 1.43 bits per heavy atom. The van der Waals surface area contributed by atoms with Crippen LogP contribution in [0.3, 0.4) is 0 Å². The van der Waals surface area contributed by atoms with Gasteiger partial charge in [-0.1, -0.05) is 19.8 Å². The number of rotatable bonds is 2. The van der Waals surface area contributed by atoms with E-state index in [1.807, 2.05) is 24.1 Å². The van der Waals surface area contributed by atoms with Crippen molar-refractivity contribution >= 4 is 5.69 Å². The summed E-state index contributed by atoms with van der Waals surface area (Å²) >= 11 is 0. The topological polar surface area (TPSA) is 29.9 Å². The second-order valence-corrected chi connectivity index (χ2v) is 4.42. The monoisotopic (exact) mass is 193 g/mol. The Morgan fingerprint density at radius 2 is 2.21 bits per heavy atom. The van der Waals surface area contributed by atoms with Crippen molar-refractivity contribution in [3.63, 3.8) is 0 Å². The fourth-order valence-corrected chi connectivity index (χ4v) is 2.24. The molecule has 0 aliphatic heterocycles. The highest BCUT2D eigenvalue weighted by Crippen LogP contribution is 2.26. The molecule has 2 atom stereocenters. The fraction of sp³-hybridized carbons (Fsp3) is 0.727. The highest BCUT2D eigenvalue weighted by molar-refractivity contribution is 5.39. The van der Waals surface area contributed by atoms with Crippen LogP contribution in [0, 0.1) is 5.92 Å². The largest absolute Gasteiger partial charge is 0.380 e. The number of nitrogens with zero attached hydrogens (tertiary/aromatic N) is 2. The van der Waals surface area contributed by atoms with Crippen LogP contribution in [-0.2, 0) is 7.05 Å². The van der Waals surface area contributed by atoms with Gasteiger partial charge >= 0.3 is 0 Å². The lowest BCUT2D eigenvalue weighted by molar-refractivity contribution is 0.349. The summed E-state index contributed by atoms with van der Waals surface area (Å²) in [6.07, 6.45) is 9.37. The summed E-state index contributed by atoms with van der Waals surface area (Å²) in [5.41, 5.74) is 1.16. The maximum absolute atomic E-state index is 4.16. The minimum absolute atomic E-state index is 0.646. The van der Waals surface area contributed by atoms with E-state index >= 15 is 0 Å². The van der Waals surface area contributed by atoms with Crippen LogP contribution in [0.2, 0.25) is 0 Å². The van der Waals surface area contributed by atoms with Gasteiger partial charge in [-0.15, -0.1) is 0 Å². The number of aryl methyl sites for hydroxylation is 1. The van der Waals surface area contributed by atoms with Crippen molar-refractivity contribution in [3.05, 3.63) is 12.4 Å². The minimum atomic E-state index is 0.646. The Morgan fingerprint density at radius 3 is 2.86 bits per heavy atom. The van der Waals surface area contributed by atoms with E-state index in [4.69, 9.17) is 0 Å². The predicted octanol–water partition coefficient (Wildman–Crippen LogP) is 2.41. The Balaban J connectivity index is 1.95. The summed E-state index contributed by atoms with van der Waals surface area (Å²) in [4.78, 5) is 0. The molecule has 1 heterocycles.